The summed E-state index contributed by atoms with van der Waals surface area (Å²) in [5.74, 6) is 1.25. The molecular weight excluding hydrogens is 440 g/mol. The molecule has 0 aliphatic heterocycles. The average molecular weight is 473 g/mol. The van der Waals surface area contributed by atoms with Gasteiger partial charge in [-0.3, -0.25) is 4.79 Å². The number of aryl methyl sites for hydroxylation is 1. The SMILES string of the molecule is CCOC1CC(=O)[C@H](Cc2cccc(OC)c2)[C@H]1CCc1cccc(OC(=O)c2ccccc2)c1. The lowest BCUT2D eigenvalue weighted by Crippen LogP contribution is -2.25. The third-order valence-electron chi connectivity index (χ3n) is 6.67. The zero-order valence-electron chi connectivity index (χ0n) is 20.3. The smallest absolute Gasteiger partial charge is 0.343 e. The minimum absolute atomic E-state index is 0.0674. The summed E-state index contributed by atoms with van der Waals surface area (Å²) in [6.45, 7) is 2.56. The van der Waals surface area contributed by atoms with Gasteiger partial charge in [-0.25, -0.2) is 4.79 Å². The van der Waals surface area contributed by atoms with Crippen LogP contribution in [0.4, 0.5) is 0 Å². The molecule has 3 aromatic rings. The van der Waals surface area contributed by atoms with Gasteiger partial charge in [-0.15, -0.1) is 0 Å². The van der Waals surface area contributed by atoms with Gasteiger partial charge in [0, 0.05) is 18.9 Å². The van der Waals surface area contributed by atoms with Crippen LogP contribution < -0.4 is 9.47 Å². The number of methoxy groups -OCH3 is 1. The van der Waals surface area contributed by atoms with E-state index in [9.17, 15) is 9.59 Å². The molecule has 3 atom stereocenters. The highest BCUT2D eigenvalue weighted by Crippen LogP contribution is 2.37. The number of esters is 1. The van der Waals surface area contributed by atoms with Crippen LogP contribution in [0.25, 0.3) is 0 Å². The van der Waals surface area contributed by atoms with E-state index in [0.29, 0.717) is 30.8 Å². The molecule has 0 N–H and O–H groups in total. The van der Waals surface area contributed by atoms with Crippen LogP contribution in [0.1, 0.15) is 41.3 Å². The maximum absolute atomic E-state index is 13.0. The molecule has 5 heteroatoms. The van der Waals surface area contributed by atoms with Crippen molar-refractivity contribution in [3.05, 3.63) is 95.6 Å². The summed E-state index contributed by atoms with van der Waals surface area (Å²) in [7, 11) is 1.65. The molecule has 5 nitrogen and oxygen atoms in total. The van der Waals surface area contributed by atoms with Gasteiger partial charge in [-0.1, -0.05) is 42.5 Å². The monoisotopic (exact) mass is 472 g/mol. The second-order valence-electron chi connectivity index (χ2n) is 8.93. The van der Waals surface area contributed by atoms with E-state index in [1.165, 1.54) is 0 Å². The minimum atomic E-state index is -0.376. The van der Waals surface area contributed by atoms with Gasteiger partial charge in [-0.05, 0) is 79.6 Å². The van der Waals surface area contributed by atoms with Crippen LogP contribution in [-0.2, 0) is 22.4 Å². The summed E-state index contributed by atoms with van der Waals surface area (Å²) < 4.78 is 16.9. The first-order valence-corrected chi connectivity index (χ1v) is 12.2. The van der Waals surface area contributed by atoms with Crippen LogP contribution in [0.15, 0.2) is 78.9 Å². The van der Waals surface area contributed by atoms with Crippen LogP contribution in [0.3, 0.4) is 0 Å². The number of Topliss-reactive ketones (excluding diaryl/α,β-unsaturated/α-hetero) is 1. The van der Waals surface area contributed by atoms with E-state index in [-0.39, 0.29) is 29.7 Å². The zero-order valence-corrected chi connectivity index (χ0v) is 20.3. The van der Waals surface area contributed by atoms with Gasteiger partial charge in [0.15, 0.2) is 0 Å². The number of carbonyl (C=O) groups is 2. The van der Waals surface area contributed by atoms with Gasteiger partial charge in [0.1, 0.15) is 17.3 Å². The highest BCUT2D eigenvalue weighted by atomic mass is 16.5. The zero-order chi connectivity index (χ0) is 24.6. The molecule has 35 heavy (non-hydrogen) atoms. The molecule has 1 unspecified atom stereocenters. The maximum Gasteiger partial charge on any atom is 0.343 e. The summed E-state index contributed by atoms with van der Waals surface area (Å²) in [6, 6.07) is 24.5. The van der Waals surface area contributed by atoms with Crippen molar-refractivity contribution in [1.82, 2.24) is 0 Å². The van der Waals surface area contributed by atoms with Gasteiger partial charge in [0.25, 0.3) is 0 Å². The third-order valence-corrected chi connectivity index (χ3v) is 6.67. The van der Waals surface area contributed by atoms with Gasteiger partial charge in [-0.2, -0.15) is 0 Å². The number of hydrogen-bond acceptors (Lipinski definition) is 5. The molecule has 3 aromatic carbocycles. The molecule has 1 aliphatic rings. The Morgan fingerprint density at radius 1 is 0.914 bits per heavy atom. The van der Waals surface area contributed by atoms with E-state index in [4.69, 9.17) is 14.2 Å². The second-order valence-corrected chi connectivity index (χ2v) is 8.93. The summed E-state index contributed by atoms with van der Waals surface area (Å²) >= 11 is 0. The first kappa shape index (κ1) is 24.7. The van der Waals surface area contributed by atoms with E-state index in [0.717, 1.165) is 29.7 Å². The largest absolute Gasteiger partial charge is 0.497 e. The summed E-state index contributed by atoms with van der Waals surface area (Å²) in [5.41, 5.74) is 2.68. The van der Waals surface area contributed by atoms with Crippen molar-refractivity contribution in [3.63, 3.8) is 0 Å². The Labute approximate surface area is 207 Å². The fourth-order valence-electron chi connectivity index (χ4n) is 4.94. The van der Waals surface area contributed by atoms with Crippen LogP contribution in [0.2, 0.25) is 0 Å². The predicted molar refractivity (Wildman–Crippen MR) is 135 cm³/mol. The number of hydrogen-bond donors (Lipinski definition) is 0. The van der Waals surface area contributed by atoms with E-state index in [2.05, 4.69) is 0 Å². The Bertz CT molecular complexity index is 1140. The quantitative estimate of drug-likeness (QED) is 0.280. The van der Waals surface area contributed by atoms with Crippen molar-refractivity contribution in [2.45, 2.75) is 38.7 Å². The maximum atomic E-state index is 13.0. The molecule has 4 rings (SSSR count). The normalized spacial score (nSPS) is 19.5. The van der Waals surface area contributed by atoms with Crippen LogP contribution in [-0.4, -0.2) is 31.6 Å². The molecule has 0 spiro atoms. The molecule has 0 bridgehead atoms. The molecule has 0 heterocycles. The molecule has 0 saturated heterocycles. The molecule has 1 fully saturated rings. The van der Waals surface area contributed by atoms with Crippen molar-refractivity contribution < 1.29 is 23.8 Å². The first-order chi connectivity index (χ1) is 17.1. The van der Waals surface area contributed by atoms with Crippen molar-refractivity contribution in [2.24, 2.45) is 11.8 Å². The van der Waals surface area contributed by atoms with E-state index < -0.39 is 0 Å². The van der Waals surface area contributed by atoms with Gasteiger partial charge in [0.2, 0.25) is 0 Å². The minimum Gasteiger partial charge on any atom is -0.497 e. The van der Waals surface area contributed by atoms with Gasteiger partial charge >= 0.3 is 5.97 Å². The second kappa shape index (κ2) is 11.8. The fraction of sp³-hybridized carbons (Fsp3) is 0.333. The predicted octanol–water partition coefficient (Wildman–Crippen LogP) is 5.70. The van der Waals surface area contributed by atoms with Crippen molar-refractivity contribution in [3.8, 4) is 11.5 Å². The third kappa shape index (κ3) is 6.37. The Morgan fingerprint density at radius 3 is 2.37 bits per heavy atom. The van der Waals surface area contributed by atoms with E-state index >= 15 is 0 Å². The Balaban J connectivity index is 1.45. The molecule has 1 aliphatic carbocycles. The molecule has 0 radical (unpaired) electrons. The lowest BCUT2D eigenvalue weighted by atomic mass is 9.84. The summed E-state index contributed by atoms with van der Waals surface area (Å²) in [5, 5.41) is 0. The molecule has 1 saturated carbocycles. The van der Waals surface area contributed by atoms with Gasteiger partial charge < -0.3 is 14.2 Å². The fourth-order valence-corrected chi connectivity index (χ4v) is 4.94. The molecule has 0 amide bonds. The Kier molecular flexibility index (Phi) is 8.32. The van der Waals surface area contributed by atoms with E-state index in [1.54, 1.807) is 25.3 Å². The highest BCUT2D eigenvalue weighted by molar-refractivity contribution is 5.91. The summed E-state index contributed by atoms with van der Waals surface area (Å²) in [4.78, 5) is 25.4. The first-order valence-electron chi connectivity index (χ1n) is 12.2. The number of ether oxygens (including phenoxy) is 3. The van der Waals surface area contributed by atoms with Crippen LogP contribution in [0.5, 0.6) is 11.5 Å². The molecule has 182 valence electrons. The summed E-state index contributed by atoms with van der Waals surface area (Å²) in [6.07, 6.45) is 2.66. The average Bonchev–Trinajstić information content (AvgIpc) is 3.17. The van der Waals surface area contributed by atoms with Crippen molar-refractivity contribution >= 4 is 11.8 Å². The van der Waals surface area contributed by atoms with Crippen LogP contribution in [0, 0.1) is 11.8 Å². The topological polar surface area (TPSA) is 61.8 Å². The van der Waals surface area contributed by atoms with Crippen molar-refractivity contribution in [2.75, 3.05) is 13.7 Å². The number of carbonyl (C=O) groups excluding carboxylic acids is 2. The Hall–Kier alpha value is -3.44. The van der Waals surface area contributed by atoms with Gasteiger partial charge in [0.05, 0.1) is 18.8 Å². The molecular formula is C30H32O5. The van der Waals surface area contributed by atoms with Crippen LogP contribution >= 0.6 is 0 Å². The van der Waals surface area contributed by atoms with E-state index in [1.807, 2.05) is 67.6 Å². The van der Waals surface area contributed by atoms with Crippen molar-refractivity contribution in [1.29, 1.82) is 0 Å². The lowest BCUT2D eigenvalue weighted by molar-refractivity contribution is -0.121. The molecule has 0 aromatic heterocycles. The lowest BCUT2D eigenvalue weighted by Gasteiger charge is -2.24. The number of benzene rings is 3. The number of rotatable bonds is 10. The highest BCUT2D eigenvalue weighted by Gasteiger charge is 2.42. The number of ketones is 1. The standard InChI is InChI=1S/C30H32O5/c1-3-34-29-20-28(31)27(19-22-10-8-13-24(18-22)33-2)26(29)16-15-21-9-7-14-25(17-21)35-30(32)23-11-5-4-6-12-23/h4-14,17-18,26-27,29H,3,15-16,19-20H2,1-2H3/t26-,27-,29?/m1/s1. The Morgan fingerprint density at radius 2 is 1.63 bits per heavy atom.